The zero-order valence-electron chi connectivity index (χ0n) is 9.08. The Labute approximate surface area is 102 Å². The molecule has 0 saturated heterocycles. The van der Waals surface area contributed by atoms with Gasteiger partial charge in [-0.05, 0) is 31.2 Å². The van der Waals surface area contributed by atoms with E-state index in [2.05, 4.69) is 29.3 Å². The summed E-state index contributed by atoms with van der Waals surface area (Å²) in [6.45, 7) is 2.05. The van der Waals surface area contributed by atoms with E-state index in [9.17, 15) is 0 Å². The molecule has 0 radical (unpaired) electrons. The van der Waals surface area contributed by atoms with Gasteiger partial charge in [0.2, 0.25) is 0 Å². The van der Waals surface area contributed by atoms with E-state index >= 15 is 0 Å². The monoisotopic (exact) mass is 240 g/mol. The normalized spacial score (nSPS) is 10.6. The summed E-state index contributed by atoms with van der Waals surface area (Å²) >= 11 is 1.67. The minimum absolute atomic E-state index is 0.604. The van der Waals surface area contributed by atoms with E-state index in [4.69, 9.17) is 5.26 Å². The van der Waals surface area contributed by atoms with Gasteiger partial charge in [-0.1, -0.05) is 0 Å². The molecule has 0 fully saturated rings. The molecule has 0 aliphatic carbocycles. The van der Waals surface area contributed by atoms with Crippen LogP contribution >= 0.6 is 11.3 Å². The molecule has 3 aromatic rings. The molecule has 5 heteroatoms. The maximum Gasteiger partial charge on any atom is 0.178 e. The highest BCUT2D eigenvalue weighted by Gasteiger charge is 2.09. The van der Waals surface area contributed by atoms with Crippen molar-refractivity contribution in [2.45, 2.75) is 6.92 Å². The summed E-state index contributed by atoms with van der Waals surface area (Å²) in [5.41, 5.74) is 1.36. The largest absolute Gasteiger partial charge is 0.280 e. The highest BCUT2D eigenvalue weighted by molar-refractivity contribution is 7.15. The van der Waals surface area contributed by atoms with Crippen molar-refractivity contribution >= 4 is 17.0 Å². The third-order valence-corrected chi connectivity index (χ3v) is 3.49. The maximum absolute atomic E-state index is 8.90. The molecule has 0 aliphatic heterocycles. The summed E-state index contributed by atoms with van der Waals surface area (Å²) in [4.78, 5) is 2.29. The smallest absolute Gasteiger partial charge is 0.178 e. The number of hydrogen-bond donors (Lipinski definition) is 0. The van der Waals surface area contributed by atoms with Crippen molar-refractivity contribution in [3.63, 3.8) is 0 Å². The van der Waals surface area contributed by atoms with E-state index in [1.165, 1.54) is 4.88 Å². The van der Waals surface area contributed by atoms with Gasteiger partial charge in [0.15, 0.2) is 11.5 Å². The number of nitrogens with zero attached hydrogens (tertiary/aromatic N) is 4. The summed E-state index contributed by atoms with van der Waals surface area (Å²) in [5.74, 6) is 0.787. The number of pyridine rings is 1. The molecule has 0 unspecified atom stereocenters. The number of rotatable bonds is 1. The molecular weight excluding hydrogens is 232 g/mol. The van der Waals surface area contributed by atoms with E-state index in [1.54, 1.807) is 29.7 Å². The number of aryl methyl sites for hydroxylation is 1. The molecule has 0 bridgehead atoms. The van der Waals surface area contributed by atoms with E-state index in [0.29, 0.717) is 5.56 Å². The Morgan fingerprint density at radius 3 is 2.82 bits per heavy atom. The fraction of sp³-hybridized carbons (Fsp3) is 0.0833. The lowest BCUT2D eigenvalue weighted by atomic mass is 10.3. The Hall–Kier alpha value is -2.19. The van der Waals surface area contributed by atoms with Crippen LogP contribution in [0.1, 0.15) is 10.4 Å². The van der Waals surface area contributed by atoms with Gasteiger partial charge in [-0.25, -0.2) is 0 Å². The second kappa shape index (κ2) is 3.68. The summed E-state index contributed by atoms with van der Waals surface area (Å²) < 4.78 is 1.85. The molecular formula is C12H8N4S. The van der Waals surface area contributed by atoms with Crippen LogP contribution in [0.2, 0.25) is 0 Å². The lowest BCUT2D eigenvalue weighted by Crippen LogP contribution is -1.88. The van der Waals surface area contributed by atoms with Crippen molar-refractivity contribution in [2.24, 2.45) is 0 Å². The number of aromatic nitrogens is 3. The Morgan fingerprint density at radius 1 is 1.24 bits per heavy atom. The van der Waals surface area contributed by atoms with Crippen molar-refractivity contribution < 1.29 is 0 Å². The van der Waals surface area contributed by atoms with Gasteiger partial charge in [0.05, 0.1) is 10.4 Å². The van der Waals surface area contributed by atoms with Crippen LogP contribution in [-0.2, 0) is 0 Å². The lowest BCUT2D eigenvalue weighted by molar-refractivity contribution is 1.12. The summed E-state index contributed by atoms with van der Waals surface area (Å²) in [5, 5.41) is 17.2. The van der Waals surface area contributed by atoms with Crippen LogP contribution in [0.25, 0.3) is 16.3 Å². The fourth-order valence-electron chi connectivity index (χ4n) is 1.68. The van der Waals surface area contributed by atoms with Crippen LogP contribution in [0.3, 0.4) is 0 Å². The Balaban J connectivity index is 2.27. The summed E-state index contributed by atoms with van der Waals surface area (Å²) in [6, 6.07) is 9.74. The molecule has 0 spiro atoms. The standard InChI is InChI=1S/C12H8N4S/c1-8-2-4-10(17-8)12-15-14-11-5-3-9(6-13)7-16(11)12/h2-5,7H,1H3. The predicted molar refractivity (Wildman–Crippen MR) is 65.8 cm³/mol. The average Bonchev–Trinajstić information content (AvgIpc) is 2.93. The highest BCUT2D eigenvalue weighted by atomic mass is 32.1. The minimum Gasteiger partial charge on any atom is -0.280 e. The van der Waals surface area contributed by atoms with Gasteiger partial charge < -0.3 is 0 Å². The molecule has 0 amide bonds. The van der Waals surface area contributed by atoms with Gasteiger partial charge >= 0.3 is 0 Å². The zero-order chi connectivity index (χ0) is 11.8. The first-order valence-corrected chi connectivity index (χ1v) is 5.91. The van der Waals surface area contributed by atoms with Gasteiger partial charge in [-0.15, -0.1) is 21.5 Å². The quantitative estimate of drug-likeness (QED) is 0.657. The molecule has 0 atom stereocenters. The molecule has 3 aromatic heterocycles. The van der Waals surface area contributed by atoms with E-state index < -0.39 is 0 Å². The second-order valence-electron chi connectivity index (χ2n) is 3.69. The number of nitriles is 1. The Morgan fingerprint density at radius 2 is 2.12 bits per heavy atom. The summed E-state index contributed by atoms with van der Waals surface area (Å²) in [7, 11) is 0. The molecule has 0 saturated carbocycles. The van der Waals surface area contributed by atoms with Crippen LogP contribution in [0.4, 0.5) is 0 Å². The predicted octanol–water partition coefficient (Wildman–Crippen LogP) is 2.64. The average molecular weight is 240 g/mol. The fourth-order valence-corrected chi connectivity index (χ4v) is 2.53. The molecule has 0 aromatic carbocycles. The Bertz CT molecular complexity index is 732. The first-order valence-electron chi connectivity index (χ1n) is 5.09. The number of fused-ring (bicyclic) bond motifs is 1. The van der Waals surface area contributed by atoms with Crippen molar-refractivity contribution in [3.8, 4) is 16.8 Å². The third-order valence-electron chi connectivity index (χ3n) is 2.49. The van der Waals surface area contributed by atoms with Crippen LogP contribution < -0.4 is 0 Å². The molecule has 4 nitrogen and oxygen atoms in total. The molecule has 82 valence electrons. The van der Waals surface area contributed by atoms with Gasteiger partial charge in [-0.3, -0.25) is 4.40 Å². The van der Waals surface area contributed by atoms with E-state index in [0.717, 1.165) is 16.3 Å². The van der Waals surface area contributed by atoms with Gasteiger partial charge in [0.1, 0.15) is 6.07 Å². The third kappa shape index (κ3) is 1.59. The highest BCUT2D eigenvalue weighted by Crippen LogP contribution is 2.26. The zero-order valence-corrected chi connectivity index (χ0v) is 9.90. The van der Waals surface area contributed by atoms with Crippen molar-refractivity contribution in [1.82, 2.24) is 14.6 Å². The molecule has 17 heavy (non-hydrogen) atoms. The SMILES string of the molecule is Cc1ccc(-c2nnc3ccc(C#N)cn23)s1. The van der Waals surface area contributed by atoms with Gasteiger partial charge in [0, 0.05) is 11.1 Å². The number of hydrogen-bond acceptors (Lipinski definition) is 4. The first-order chi connectivity index (χ1) is 8.28. The van der Waals surface area contributed by atoms with Gasteiger partial charge in [0.25, 0.3) is 0 Å². The molecule has 0 N–H and O–H groups in total. The van der Waals surface area contributed by atoms with Crippen LogP contribution in [0.15, 0.2) is 30.5 Å². The van der Waals surface area contributed by atoms with Crippen molar-refractivity contribution in [1.29, 1.82) is 5.26 Å². The molecule has 0 aliphatic rings. The number of thiophene rings is 1. The van der Waals surface area contributed by atoms with E-state index in [1.807, 2.05) is 10.5 Å². The van der Waals surface area contributed by atoms with Crippen LogP contribution in [0.5, 0.6) is 0 Å². The van der Waals surface area contributed by atoms with Crippen molar-refractivity contribution in [2.75, 3.05) is 0 Å². The summed E-state index contributed by atoms with van der Waals surface area (Å²) in [6.07, 6.45) is 1.76. The minimum atomic E-state index is 0.604. The van der Waals surface area contributed by atoms with Crippen LogP contribution in [0, 0.1) is 18.3 Å². The van der Waals surface area contributed by atoms with Gasteiger partial charge in [-0.2, -0.15) is 5.26 Å². The molecule has 3 rings (SSSR count). The first kappa shape index (κ1) is 10.00. The molecule has 3 heterocycles. The maximum atomic E-state index is 8.90. The van der Waals surface area contributed by atoms with Crippen LogP contribution in [-0.4, -0.2) is 14.6 Å². The second-order valence-corrected chi connectivity index (χ2v) is 4.98. The van der Waals surface area contributed by atoms with E-state index in [-0.39, 0.29) is 0 Å². The lowest BCUT2D eigenvalue weighted by Gasteiger charge is -1.96. The topological polar surface area (TPSA) is 54.0 Å². The van der Waals surface area contributed by atoms with Crippen molar-refractivity contribution in [3.05, 3.63) is 40.9 Å². The Kier molecular flexibility index (Phi) is 2.16.